The fourth-order valence-corrected chi connectivity index (χ4v) is 4.08. The molecule has 0 amide bonds. The minimum Gasteiger partial charge on any atom is -0.353 e. The van der Waals surface area contributed by atoms with E-state index in [-0.39, 0.29) is 11.2 Å². The summed E-state index contributed by atoms with van der Waals surface area (Å²) in [4.78, 5) is 6.41. The van der Waals surface area contributed by atoms with E-state index in [1.807, 2.05) is 12.1 Å². The molecule has 1 saturated heterocycles. The Morgan fingerprint density at radius 3 is 2.57 bits per heavy atom. The average molecular weight is 359 g/mol. The summed E-state index contributed by atoms with van der Waals surface area (Å²) in [5, 5.41) is 3.10. The summed E-state index contributed by atoms with van der Waals surface area (Å²) in [5.74, 6) is 0.784. The van der Waals surface area contributed by atoms with Gasteiger partial charge in [0.25, 0.3) is 0 Å². The highest BCUT2D eigenvalue weighted by molar-refractivity contribution is 8.14. The van der Waals surface area contributed by atoms with Gasteiger partial charge in [-0.15, -0.1) is 0 Å². The highest BCUT2D eigenvalue weighted by Gasteiger charge is 2.31. The molecule has 2 aliphatic rings. The van der Waals surface area contributed by atoms with Crippen molar-refractivity contribution in [3.05, 3.63) is 35.4 Å². The maximum absolute atomic E-state index is 12.3. The molecule has 1 aliphatic carbocycles. The first-order valence-electron chi connectivity index (χ1n) is 7.32. The molecule has 0 unspecified atom stereocenters. The molecule has 3 nitrogen and oxygen atoms in total. The fourth-order valence-electron chi connectivity index (χ4n) is 2.75. The molecule has 3 rings (SSSR count). The van der Waals surface area contributed by atoms with Crippen LogP contribution in [-0.4, -0.2) is 46.2 Å². The van der Waals surface area contributed by atoms with Gasteiger partial charge in [0.1, 0.15) is 6.54 Å². The Balaban J connectivity index is 1.64. The van der Waals surface area contributed by atoms with Crippen molar-refractivity contribution in [1.29, 1.82) is 0 Å². The van der Waals surface area contributed by atoms with E-state index in [9.17, 15) is 13.2 Å². The summed E-state index contributed by atoms with van der Waals surface area (Å²) in [5.41, 5.74) is 2.60. The predicted molar refractivity (Wildman–Crippen MR) is 90.9 cm³/mol. The predicted octanol–water partition coefficient (Wildman–Crippen LogP) is 3.00. The number of hydrogen-bond acceptors (Lipinski definition) is 3. The number of amidine groups is 1. The number of fused-ring (bicyclic) bond motifs is 1. The van der Waals surface area contributed by atoms with Gasteiger partial charge >= 0.3 is 6.18 Å². The lowest BCUT2D eigenvalue weighted by Gasteiger charge is -2.21. The van der Waals surface area contributed by atoms with Gasteiger partial charge in [0.2, 0.25) is 0 Å². The summed E-state index contributed by atoms with van der Waals surface area (Å²) in [6.45, 7) is -0.526. The van der Waals surface area contributed by atoms with Crippen LogP contribution in [-0.2, 0) is 12.8 Å². The van der Waals surface area contributed by atoms with Crippen molar-refractivity contribution >= 4 is 34.3 Å². The number of alkyl halides is 3. The molecule has 0 bridgehead atoms. The molecule has 8 heteroatoms. The van der Waals surface area contributed by atoms with Crippen LogP contribution in [0.15, 0.2) is 29.3 Å². The van der Waals surface area contributed by atoms with Gasteiger partial charge in [-0.05, 0) is 36.2 Å². The third-order valence-corrected chi connectivity index (χ3v) is 5.12. The van der Waals surface area contributed by atoms with E-state index in [0.717, 1.165) is 23.8 Å². The molecular formula is C15H16F3N3S2. The molecule has 1 aromatic carbocycles. The van der Waals surface area contributed by atoms with E-state index in [4.69, 9.17) is 17.2 Å². The third-order valence-electron chi connectivity index (χ3n) is 3.78. The number of rotatable bonds is 2. The normalized spacial score (nSPS) is 20.1. The smallest absolute Gasteiger partial charge is 0.353 e. The van der Waals surface area contributed by atoms with Gasteiger partial charge in [0.05, 0.1) is 6.04 Å². The summed E-state index contributed by atoms with van der Waals surface area (Å²) in [6.07, 6.45) is -2.53. The monoisotopic (exact) mass is 359 g/mol. The van der Waals surface area contributed by atoms with Crippen LogP contribution >= 0.6 is 24.0 Å². The van der Waals surface area contributed by atoms with Crippen molar-refractivity contribution < 1.29 is 13.2 Å². The summed E-state index contributed by atoms with van der Waals surface area (Å²) in [6, 6.07) is 8.37. The lowest BCUT2D eigenvalue weighted by atomic mass is 10.1. The van der Waals surface area contributed by atoms with Crippen LogP contribution in [0.4, 0.5) is 13.2 Å². The van der Waals surface area contributed by atoms with Crippen molar-refractivity contribution in [3.63, 3.8) is 0 Å². The number of hydrogen-bond donors (Lipinski definition) is 1. The van der Waals surface area contributed by atoms with Gasteiger partial charge in [0, 0.05) is 12.3 Å². The lowest BCUT2D eigenvalue weighted by molar-refractivity contribution is -0.122. The molecule has 23 heavy (non-hydrogen) atoms. The van der Waals surface area contributed by atoms with Gasteiger partial charge in [-0.25, -0.2) is 0 Å². The highest BCUT2D eigenvalue weighted by atomic mass is 32.2. The molecule has 1 aromatic rings. The number of aliphatic imine (C=N–C) groups is 1. The molecular weight excluding hydrogens is 343 g/mol. The van der Waals surface area contributed by atoms with Crippen molar-refractivity contribution in [2.45, 2.75) is 25.1 Å². The first-order chi connectivity index (χ1) is 10.9. The van der Waals surface area contributed by atoms with Gasteiger partial charge in [-0.1, -0.05) is 36.0 Å². The van der Waals surface area contributed by atoms with Crippen molar-refractivity contribution in [3.8, 4) is 0 Å². The Morgan fingerprint density at radius 1 is 1.30 bits per heavy atom. The molecule has 124 valence electrons. The minimum atomic E-state index is -4.28. The molecule has 0 atom stereocenters. The van der Waals surface area contributed by atoms with Crippen LogP contribution in [0, 0.1) is 0 Å². The molecule has 1 aliphatic heterocycles. The zero-order valence-corrected chi connectivity index (χ0v) is 13.9. The second-order valence-corrected chi connectivity index (χ2v) is 6.97. The molecule has 0 radical (unpaired) electrons. The number of halogens is 3. The Kier molecular flexibility index (Phi) is 4.82. The van der Waals surface area contributed by atoms with E-state index in [0.29, 0.717) is 6.54 Å². The van der Waals surface area contributed by atoms with Gasteiger partial charge in [0.15, 0.2) is 10.3 Å². The summed E-state index contributed by atoms with van der Waals surface area (Å²) >= 11 is 6.63. The molecule has 0 saturated carbocycles. The van der Waals surface area contributed by atoms with E-state index >= 15 is 0 Å². The van der Waals surface area contributed by atoms with Crippen LogP contribution in [0.2, 0.25) is 0 Å². The number of nitrogens with one attached hydrogen (secondary N) is 1. The van der Waals surface area contributed by atoms with Crippen molar-refractivity contribution in [1.82, 2.24) is 10.2 Å². The number of nitrogens with zero attached hydrogens (tertiary/aromatic N) is 2. The second-order valence-electron chi connectivity index (χ2n) is 5.52. The Labute approximate surface area is 142 Å². The molecule has 0 spiro atoms. The quantitative estimate of drug-likeness (QED) is 0.822. The number of thioether (sulfide) groups is 1. The molecule has 0 aromatic heterocycles. The van der Waals surface area contributed by atoms with E-state index in [1.165, 1.54) is 11.1 Å². The van der Waals surface area contributed by atoms with E-state index in [2.05, 4.69) is 17.4 Å². The van der Waals surface area contributed by atoms with Gasteiger partial charge in [-0.3, -0.25) is 9.89 Å². The highest BCUT2D eigenvalue weighted by Crippen LogP contribution is 2.27. The lowest BCUT2D eigenvalue weighted by Crippen LogP contribution is -2.44. The topological polar surface area (TPSA) is 27.6 Å². The molecule has 1 fully saturated rings. The zero-order valence-electron chi connectivity index (χ0n) is 12.3. The average Bonchev–Trinajstić information content (AvgIpc) is 3.10. The largest absolute Gasteiger partial charge is 0.405 e. The molecule has 1 N–H and O–H groups in total. The Morgan fingerprint density at radius 2 is 1.96 bits per heavy atom. The van der Waals surface area contributed by atoms with Crippen LogP contribution in [0.3, 0.4) is 0 Å². The van der Waals surface area contributed by atoms with Crippen molar-refractivity contribution in [2.75, 3.05) is 18.8 Å². The third kappa shape index (κ3) is 4.17. The van der Waals surface area contributed by atoms with Gasteiger partial charge < -0.3 is 5.32 Å². The van der Waals surface area contributed by atoms with Crippen LogP contribution < -0.4 is 5.32 Å². The van der Waals surface area contributed by atoms with Crippen LogP contribution in [0.5, 0.6) is 0 Å². The first kappa shape index (κ1) is 16.6. The summed E-state index contributed by atoms with van der Waals surface area (Å²) in [7, 11) is 0. The maximum atomic E-state index is 12.3. The van der Waals surface area contributed by atoms with E-state index < -0.39 is 12.7 Å². The first-order valence-corrected chi connectivity index (χ1v) is 8.71. The van der Waals surface area contributed by atoms with Crippen LogP contribution in [0.1, 0.15) is 11.1 Å². The zero-order chi connectivity index (χ0) is 16.4. The molecule has 1 heterocycles. The standard InChI is InChI=1S/C15H16F3N3S2/c16-15(17,18)9-19-13(22)21-5-6-23-14(21)20-12-7-10-3-1-2-4-11(10)8-12/h1-4,12H,5-9H2,(H,19,22)/b20-14-. The minimum absolute atomic E-state index is 0.0987. The maximum Gasteiger partial charge on any atom is 0.405 e. The number of thiocarbonyl (C=S) groups is 1. The SMILES string of the molecule is FC(F)(F)CNC(=S)N1CCS/C1=N\C1Cc2ccccc2C1. The van der Waals surface area contributed by atoms with Crippen molar-refractivity contribution in [2.24, 2.45) is 4.99 Å². The Bertz CT molecular complexity index is 606. The van der Waals surface area contributed by atoms with Gasteiger partial charge in [-0.2, -0.15) is 13.2 Å². The fraction of sp³-hybridized carbons (Fsp3) is 0.467. The number of benzene rings is 1. The summed E-state index contributed by atoms with van der Waals surface area (Å²) < 4.78 is 36.9. The Hall–Kier alpha value is -1.28. The van der Waals surface area contributed by atoms with E-state index in [1.54, 1.807) is 16.7 Å². The van der Waals surface area contributed by atoms with Crippen LogP contribution in [0.25, 0.3) is 0 Å². The second kappa shape index (κ2) is 6.68.